The molecule has 1 fully saturated rings. The fraction of sp³-hybridized carbons (Fsp3) is 0.500. The number of benzene rings is 1. The van der Waals surface area contributed by atoms with E-state index in [1.54, 1.807) is 0 Å². The second-order valence-corrected chi connectivity index (χ2v) is 5.78. The highest BCUT2D eigenvalue weighted by Gasteiger charge is 2.21. The highest BCUT2D eigenvalue weighted by molar-refractivity contribution is 5.85. The fourth-order valence-electron chi connectivity index (χ4n) is 3.24. The first-order valence-corrected chi connectivity index (χ1v) is 8.06. The quantitative estimate of drug-likeness (QED) is 0.905. The zero-order chi connectivity index (χ0) is 14.5. The van der Waals surface area contributed by atoms with E-state index in [1.165, 1.54) is 35.6 Å². The predicted molar refractivity (Wildman–Crippen MR) is 86.4 cm³/mol. The summed E-state index contributed by atoms with van der Waals surface area (Å²) in [6.45, 7) is 4.03. The molecule has 112 valence electrons. The zero-order valence-electron chi connectivity index (χ0n) is 12.7. The lowest BCUT2D eigenvalue weighted by atomic mass is 9.94. The predicted octanol–water partition coefficient (Wildman–Crippen LogP) is 3.84. The van der Waals surface area contributed by atoms with E-state index in [-0.39, 0.29) is 0 Å². The van der Waals surface area contributed by atoms with Gasteiger partial charge in [-0.25, -0.2) is 0 Å². The number of pyridine rings is 1. The Morgan fingerprint density at radius 3 is 3.00 bits per heavy atom. The van der Waals surface area contributed by atoms with Crippen LogP contribution in [0.15, 0.2) is 36.7 Å². The van der Waals surface area contributed by atoms with Gasteiger partial charge in [0.15, 0.2) is 0 Å². The number of ether oxygens (including phenoxy) is 1. The number of fused-ring (bicyclic) bond motifs is 1. The van der Waals surface area contributed by atoms with E-state index in [0.717, 1.165) is 19.6 Å². The lowest BCUT2D eigenvalue weighted by Crippen LogP contribution is -2.29. The molecule has 1 aromatic carbocycles. The van der Waals surface area contributed by atoms with Gasteiger partial charge >= 0.3 is 0 Å². The molecule has 2 atom stereocenters. The van der Waals surface area contributed by atoms with E-state index in [9.17, 15) is 0 Å². The molecule has 2 heterocycles. The van der Waals surface area contributed by atoms with E-state index in [2.05, 4.69) is 41.5 Å². The molecule has 3 heteroatoms. The van der Waals surface area contributed by atoms with Gasteiger partial charge in [0.1, 0.15) is 0 Å². The van der Waals surface area contributed by atoms with Crippen molar-refractivity contribution in [3.8, 4) is 0 Å². The van der Waals surface area contributed by atoms with Crippen LogP contribution in [0.4, 0.5) is 0 Å². The van der Waals surface area contributed by atoms with Crippen LogP contribution in [0, 0.1) is 0 Å². The minimum atomic E-state index is 0.316. The highest BCUT2D eigenvalue weighted by atomic mass is 16.5. The van der Waals surface area contributed by atoms with Gasteiger partial charge in [-0.1, -0.05) is 31.2 Å². The maximum atomic E-state index is 5.93. The number of rotatable bonds is 5. The Morgan fingerprint density at radius 1 is 1.29 bits per heavy atom. The molecule has 0 bridgehead atoms. The van der Waals surface area contributed by atoms with Crippen LogP contribution < -0.4 is 5.32 Å². The summed E-state index contributed by atoms with van der Waals surface area (Å²) in [6, 6.07) is 8.81. The molecule has 1 aromatic heterocycles. The molecule has 0 spiro atoms. The molecule has 1 N–H and O–H groups in total. The van der Waals surface area contributed by atoms with Crippen molar-refractivity contribution in [1.29, 1.82) is 0 Å². The van der Waals surface area contributed by atoms with E-state index in [1.807, 2.05) is 12.4 Å². The Kier molecular flexibility index (Phi) is 4.84. The van der Waals surface area contributed by atoms with Gasteiger partial charge in [0.25, 0.3) is 0 Å². The SMILES string of the molecule is CCNC(CC1CCCCO1)c1cncc2ccccc12. The second-order valence-electron chi connectivity index (χ2n) is 5.78. The molecule has 0 radical (unpaired) electrons. The van der Waals surface area contributed by atoms with Crippen molar-refractivity contribution < 1.29 is 4.74 Å². The van der Waals surface area contributed by atoms with Crippen LogP contribution in [0.3, 0.4) is 0 Å². The molecule has 1 aliphatic rings. The van der Waals surface area contributed by atoms with E-state index >= 15 is 0 Å². The normalized spacial score (nSPS) is 20.5. The zero-order valence-corrected chi connectivity index (χ0v) is 12.7. The average molecular weight is 284 g/mol. The van der Waals surface area contributed by atoms with Crippen LogP contribution in [-0.2, 0) is 4.74 Å². The van der Waals surface area contributed by atoms with Crippen LogP contribution in [0.1, 0.15) is 44.2 Å². The Bertz CT molecular complexity index is 573. The Morgan fingerprint density at radius 2 is 2.19 bits per heavy atom. The molecule has 0 aliphatic carbocycles. The maximum absolute atomic E-state index is 5.93. The summed E-state index contributed by atoms with van der Waals surface area (Å²) in [7, 11) is 0. The van der Waals surface area contributed by atoms with E-state index in [4.69, 9.17) is 4.74 Å². The number of nitrogens with zero attached hydrogens (tertiary/aromatic N) is 1. The highest BCUT2D eigenvalue weighted by Crippen LogP contribution is 2.29. The molecule has 1 saturated heterocycles. The van der Waals surface area contributed by atoms with Gasteiger partial charge in [-0.15, -0.1) is 0 Å². The summed E-state index contributed by atoms with van der Waals surface area (Å²) in [5.74, 6) is 0. The van der Waals surface area contributed by atoms with Crippen LogP contribution in [-0.4, -0.2) is 24.2 Å². The van der Waals surface area contributed by atoms with Crippen LogP contribution in [0.2, 0.25) is 0 Å². The smallest absolute Gasteiger partial charge is 0.0593 e. The molecule has 0 amide bonds. The van der Waals surface area contributed by atoms with Gasteiger partial charge in [0.05, 0.1) is 6.10 Å². The van der Waals surface area contributed by atoms with Crippen molar-refractivity contribution in [2.75, 3.05) is 13.2 Å². The number of hydrogen-bond donors (Lipinski definition) is 1. The first-order valence-electron chi connectivity index (χ1n) is 8.06. The van der Waals surface area contributed by atoms with Crippen molar-refractivity contribution in [2.24, 2.45) is 0 Å². The standard InChI is InChI=1S/C18H24N2O/c1-2-20-18(11-15-8-5-6-10-21-15)17-13-19-12-14-7-3-4-9-16(14)17/h3-4,7,9,12-13,15,18,20H,2,5-6,8,10-11H2,1H3. The van der Waals surface area contributed by atoms with Gasteiger partial charge in [-0.2, -0.15) is 0 Å². The first kappa shape index (κ1) is 14.5. The lowest BCUT2D eigenvalue weighted by molar-refractivity contribution is 0.00521. The van der Waals surface area contributed by atoms with Crippen molar-refractivity contribution in [3.63, 3.8) is 0 Å². The third-order valence-corrected chi connectivity index (χ3v) is 4.30. The molecule has 2 aromatic rings. The number of hydrogen-bond acceptors (Lipinski definition) is 3. The van der Waals surface area contributed by atoms with Gasteiger partial charge in [0.2, 0.25) is 0 Å². The Hall–Kier alpha value is -1.45. The molecular weight excluding hydrogens is 260 g/mol. The minimum Gasteiger partial charge on any atom is -0.378 e. The molecular formula is C18H24N2O. The molecule has 3 nitrogen and oxygen atoms in total. The Balaban J connectivity index is 1.87. The number of aromatic nitrogens is 1. The minimum absolute atomic E-state index is 0.316. The summed E-state index contributed by atoms with van der Waals surface area (Å²) in [6.07, 6.45) is 9.04. The Labute approximate surface area is 126 Å². The molecule has 2 unspecified atom stereocenters. The third-order valence-electron chi connectivity index (χ3n) is 4.30. The van der Waals surface area contributed by atoms with Gasteiger partial charge in [-0.3, -0.25) is 4.98 Å². The topological polar surface area (TPSA) is 34.1 Å². The lowest BCUT2D eigenvalue weighted by Gasteiger charge is -2.28. The summed E-state index contributed by atoms with van der Waals surface area (Å²) in [5, 5.41) is 6.13. The largest absolute Gasteiger partial charge is 0.378 e. The summed E-state index contributed by atoms with van der Waals surface area (Å²) < 4.78 is 5.93. The third kappa shape index (κ3) is 3.42. The van der Waals surface area contributed by atoms with Gasteiger partial charge in [0, 0.05) is 30.4 Å². The van der Waals surface area contributed by atoms with Crippen LogP contribution in [0.25, 0.3) is 10.8 Å². The van der Waals surface area contributed by atoms with E-state index < -0.39 is 0 Å². The number of nitrogens with one attached hydrogen (secondary N) is 1. The van der Waals surface area contributed by atoms with Crippen molar-refractivity contribution in [1.82, 2.24) is 10.3 Å². The summed E-state index contributed by atoms with van der Waals surface area (Å²) in [4.78, 5) is 4.43. The average Bonchev–Trinajstić information content (AvgIpc) is 2.55. The van der Waals surface area contributed by atoms with Crippen LogP contribution >= 0.6 is 0 Å². The fourth-order valence-corrected chi connectivity index (χ4v) is 3.24. The second kappa shape index (κ2) is 7.01. The van der Waals surface area contributed by atoms with Crippen LogP contribution in [0.5, 0.6) is 0 Å². The maximum Gasteiger partial charge on any atom is 0.0593 e. The van der Waals surface area contributed by atoms with E-state index in [0.29, 0.717) is 12.1 Å². The summed E-state index contributed by atoms with van der Waals surface area (Å²) >= 11 is 0. The van der Waals surface area contributed by atoms with Gasteiger partial charge in [-0.05, 0) is 43.2 Å². The summed E-state index contributed by atoms with van der Waals surface area (Å²) in [5.41, 5.74) is 1.30. The van der Waals surface area contributed by atoms with Crippen molar-refractivity contribution in [3.05, 3.63) is 42.2 Å². The van der Waals surface area contributed by atoms with Crippen molar-refractivity contribution in [2.45, 2.75) is 44.8 Å². The van der Waals surface area contributed by atoms with Gasteiger partial charge < -0.3 is 10.1 Å². The molecule has 21 heavy (non-hydrogen) atoms. The monoisotopic (exact) mass is 284 g/mol. The van der Waals surface area contributed by atoms with Crippen molar-refractivity contribution >= 4 is 10.8 Å². The molecule has 1 aliphatic heterocycles. The molecule has 0 saturated carbocycles. The first-order chi connectivity index (χ1) is 10.4. The molecule has 3 rings (SSSR count).